The lowest BCUT2D eigenvalue weighted by molar-refractivity contribution is 0.166. The van der Waals surface area contributed by atoms with E-state index in [1.165, 1.54) is 12.1 Å². The fraction of sp³-hybridized carbons (Fsp3) is 0.250. The zero-order chi connectivity index (χ0) is 14.5. The van der Waals surface area contributed by atoms with E-state index in [1.54, 1.807) is 24.3 Å². The molecule has 2 nitrogen and oxygen atoms in total. The maximum atomic E-state index is 13.5. The highest BCUT2D eigenvalue weighted by Crippen LogP contribution is 2.27. The number of para-hydroxylation sites is 1. The molecule has 20 heavy (non-hydrogen) atoms. The number of ether oxygens (including phenoxy) is 1. The van der Waals surface area contributed by atoms with Crippen LogP contribution in [0.2, 0.25) is 0 Å². The highest BCUT2D eigenvalue weighted by molar-refractivity contribution is 5.35. The van der Waals surface area contributed by atoms with Gasteiger partial charge < -0.3 is 9.84 Å². The van der Waals surface area contributed by atoms with Gasteiger partial charge in [-0.3, -0.25) is 0 Å². The molecule has 0 amide bonds. The molecule has 2 aromatic carbocycles. The van der Waals surface area contributed by atoms with Gasteiger partial charge in [0.1, 0.15) is 24.0 Å². The van der Waals surface area contributed by atoms with Gasteiger partial charge in [-0.05, 0) is 24.6 Å². The smallest absolute Gasteiger partial charge is 0.132 e. The molecule has 1 N–H and O–H groups in total. The summed E-state index contributed by atoms with van der Waals surface area (Å²) in [5.74, 6) is -0.753. The number of hydrogen-bond donors (Lipinski definition) is 1. The summed E-state index contributed by atoms with van der Waals surface area (Å²) >= 11 is 0. The summed E-state index contributed by atoms with van der Waals surface area (Å²) in [6.45, 7) is 1.85. The van der Waals surface area contributed by atoms with Crippen molar-refractivity contribution in [1.82, 2.24) is 0 Å². The average Bonchev–Trinajstić information content (AvgIpc) is 2.46. The van der Waals surface area contributed by atoms with E-state index in [1.807, 2.05) is 6.92 Å². The Morgan fingerprint density at radius 3 is 2.60 bits per heavy atom. The highest BCUT2D eigenvalue weighted by atomic mass is 19.1. The Balaban J connectivity index is 2.15. The fourth-order valence-electron chi connectivity index (χ4n) is 1.90. The van der Waals surface area contributed by atoms with Crippen molar-refractivity contribution < 1.29 is 18.6 Å². The van der Waals surface area contributed by atoms with Crippen molar-refractivity contribution in [3.05, 3.63) is 65.2 Å². The van der Waals surface area contributed by atoms with E-state index in [4.69, 9.17) is 4.74 Å². The van der Waals surface area contributed by atoms with E-state index < -0.39 is 17.7 Å². The molecule has 106 valence electrons. The first-order chi connectivity index (χ1) is 9.61. The summed E-state index contributed by atoms with van der Waals surface area (Å²) in [5.41, 5.74) is 0.935. The van der Waals surface area contributed by atoms with E-state index in [0.717, 1.165) is 6.07 Å². The Labute approximate surface area is 116 Å². The van der Waals surface area contributed by atoms with Gasteiger partial charge in [-0.15, -0.1) is 0 Å². The summed E-state index contributed by atoms with van der Waals surface area (Å²) in [4.78, 5) is 0. The molecule has 0 saturated carbocycles. The number of aliphatic hydroxyl groups excluding tert-OH is 1. The second-order valence-corrected chi connectivity index (χ2v) is 4.49. The van der Waals surface area contributed by atoms with Crippen molar-refractivity contribution in [3.63, 3.8) is 0 Å². The Hall–Kier alpha value is -1.94. The van der Waals surface area contributed by atoms with Crippen LogP contribution in [0.5, 0.6) is 5.75 Å². The standard InChI is InChI=1S/C16H16F2O2/c1-2-15(19)13-5-3-4-6-16(13)20-10-11-7-8-12(17)9-14(11)18/h3-9,15,19H,2,10H2,1H3. The van der Waals surface area contributed by atoms with Gasteiger partial charge in [0.2, 0.25) is 0 Å². The topological polar surface area (TPSA) is 29.5 Å². The van der Waals surface area contributed by atoms with Crippen LogP contribution in [0.25, 0.3) is 0 Å². The molecule has 2 aromatic rings. The number of hydrogen-bond acceptors (Lipinski definition) is 2. The van der Waals surface area contributed by atoms with Crippen molar-refractivity contribution in [1.29, 1.82) is 0 Å². The minimum absolute atomic E-state index is 0.0143. The Morgan fingerprint density at radius 1 is 1.15 bits per heavy atom. The molecule has 2 rings (SSSR count). The quantitative estimate of drug-likeness (QED) is 0.896. The normalized spacial score (nSPS) is 12.2. The van der Waals surface area contributed by atoms with Crippen molar-refractivity contribution >= 4 is 0 Å². The van der Waals surface area contributed by atoms with Crippen molar-refractivity contribution in [2.24, 2.45) is 0 Å². The lowest BCUT2D eigenvalue weighted by Crippen LogP contribution is -2.03. The third kappa shape index (κ3) is 3.33. The molecule has 0 aliphatic rings. The predicted molar refractivity (Wildman–Crippen MR) is 72.4 cm³/mol. The molecule has 0 radical (unpaired) electrons. The SMILES string of the molecule is CCC(O)c1ccccc1OCc1ccc(F)cc1F. The monoisotopic (exact) mass is 278 g/mol. The van der Waals surface area contributed by atoms with Gasteiger partial charge in [-0.2, -0.15) is 0 Å². The van der Waals surface area contributed by atoms with Crippen molar-refractivity contribution in [3.8, 4) is 5.75 Å². The lowest BCUT2D eigenvalue weighted by Gasteiger charge is -2.15. The fourth-order valence-corrected chi connectivity index (χ4v) is 1.90. The average molecular weight is 278 g/mol. The molecule has 0 aliphatic carbocycles. The maximum Gasteiger partial charge on any atom is 0.132 e. The molecule has 0 bridgehead atoms. The third-order valence-corrected chi connectivity index (χ3v) is 3.06. The second kappa shape index (κ2) is 6.48. The zero-order valence-electron chi connectivity index (χ0n) is 11.1. The van der Waals surface area contributed by atoms with Crippen LogP contribution in [0.3, 0.4) is 0 Å². The second-order valence-electron chi connectivity index (χ2n) is 4.49. The van der Waals surface area contributed by atoms with Gasteiger partial charge in [-0.25, -0.2) is 8.78 Å². The minimum atomic E-state index is -0.640. The number of rotatable bonds is 5. The van der Waals surface area contributed by atoms with Crippen LogP contribution in [0, 0.1) is 11.6 Å². The molecule has 0 heterocycles. The van der Waals surface area contributed by atoms with Crippen LogP contribution in [0.15, 0.2) is 42.5 Å². The van der Waals surface area contributed by atoms with E-state index in [9.17, 15) is 13.9 Å². The largest absolute Gasteiger partial charge is 0.488 e. The van der Waals surface area contributed by atoms with E-state index >= 15 is 0 Å². The molecule has 4 heteroatoms. The van der Waals surface area contributed by atoms with Crippen LogP contribution in [0.4, 0.5) is 8.78 Å². The maximum absolute atomic E-state index is 13.5. The van der Waals surface area contributed by atoms with E-state index in [2.05, 4.69) is 0 Å². The summed E-state index contributed by atoms with van der Waals surface area (Å²) < 4.78 is 31.9. The van der Waals surface area contributed by atoms with E-state index in [-0.39, 0.29) is 12.2 Å². The summed E-state index contributed by atoms with van der Waals surface area (Å²) in [6.07, 6.45) is -0.0603. The van der Waals surface area contributed by atoms with Gasteiger partial charge >= 0.3 is 0 Å². The molecule has 1 unspecified atom stereocenters. The number of benzene rings is 2. The molecule has 0 aromatic heterocycles. The molecule has 0 aliphatic heterocycles. The number of aliphatic hydroxyl groups is 1. The van der Waals surface area contributed by atoms with Crippen molar-refractivity contribution in [2.75, 3.05) is 0 Å². The van der Waals surface area contributed by atoms with Gasteiger partial charge in [0.25, 0.3) is 0 Å². The summed E-state index contributed by atoms with van der Waals surface area (Å²) in [6, 6.07) is 10.4. The van der Waals surface area contributed by atoms with Gasteiger partial charge in [0, 0.05) is 17.2 Å². The molecule has 1 atom stereocenters. The van der Waals surface area contributed by atoms with E-state index in [0.29, 0.717) is 17.7 Å². The lowest BCUT2D eigenvalue weighted by atomic mass is 10.1. The molecule has 0 saturated heterocycles. The Morgan fingerprint density at radius 2 is 1.90 bits per heavy atom. The Kier molecular flexibility index (Phi) is 4.69. The first-order valence-corrected chi connectivity index (χ1v) is 6.45. The molecule has 0 fully saturated rings. The van der Waals surface area contributed by atoms with Crippen LogP contribution in [-0.2, 0) is 6.61 Å². The molecule has 0 spiro atoms. The van der Waals surface area contributed by atoms with Gasteiger partial charge in [-0.1, -0.05) is 25.1 Å². The molecular formula is C16H16F2O2. The van der Waals surface area contributed by atoms with Crippen molar-refractivity contribution in [2.45, 2.75) is 26.1 Å². The third-order valence-electron chi connectivity index (χ3n) is 3.06. The highest BCUT2D eigenvalue weighted by Gasteiger charge is 2.12. The van der Waals surface area contributed by atoms with Crippen LogP contribution in [0.1, 0.15) is 30.6 Å². The van der Waals surface area contributed by atoms with Crippen LogP contribution >= 0.6 is 0 Å². The molecular weight excluding hydrogens is 262 g/mol. The zero-order valence-corrected chi connectivity index (χ0v) is 11.1. The predicted octanol–water partition coefficient (Wildman–Crippen LogP) is 3.99. The van der Waals surface area contributed by atoms with Gasteiger partial charge in [0.05, 0.1) is 6.10 Å². The summed E-state index contributed by atoms with van der Waals surface area (Å²) in [5, 5.41) is 9.89. The first-order valence-electron chi connectivity index (χ1n) is 6.45. The minimum Gasteiger partial charge on any atom is -0.488 e. The Bertz CT molecular complexity index is 584. The van der Waals surface area contributed by atoms with Gasteiger partial charge in [0.15, 0.2) is 0 Å². The summed E-state index contributed by atoms with van der Waals surface area (Å²) in [7, 11) is 0. The van der Waals surface area contributed by atoms with Crippen LogP contribution in [-0.4, -0.2) is 5.11 Å². The first kappa shape index (κ1) is 14.5. The number of halogens is 2. The van der Waals surface area contributed by atoms with Crippen LogP contribution < -0.4 is 4.74 Å².